The zero-order chi connectivity index (χ0) is 20.9. The summed E-state index contributed by atoms with van der Waals surface area (Å²) in [5.41, 5.74) is 1.52. The van der Waals surface area contributed by atoms with Gasteiger partial charge in [0.25, 0.3) is 5.91 Å². The number of amides is 1. The van der Waals surface area contributed by atoms with E-state index in [1.807, 2.05) is 24.3 Å². The Labute approximate surface area is 180 Å². The molecule has 1 unspecified atom stereocenters. The van der Waals surface area contributed by atoms with E-state index in [9.17, 15) is 13.2 Å². The van der Waals surface area contributed by atoms with E-state index in [0.717, 1.165) is 28.3 Å². The van der Waals surface area contributed by atoms with Gasteiger partial charge in [0.15, 0.2) is 6.10 Å². The summed E-state index contributed by atoms with van der Waals surface area (Å²) in [6.45, 7) is 0.681. The van der Waals surface area contributed by atoms with E-state index in [1.54, 1.807) is 36.0 Å². The Kier molecular flexibility index (Phi) is 7.32. The summed E-state index contributed by atoms with van der Waals surface area (Å²) in [5, 5.41) is 3.62. The first-order valence-corrected chi connectivity index (χ1v) is 12.6. The topological polar surface area (TPSA) is 75.7 Å². The smallest absolute Gasteiger partial charge is 0.261 e. The molecule has 0 saturated heterocycles. The zero-order valence-electron chi connectivity index (χ0n) is 16.0. The van der Waals surface area contributed by atoms with Crippen molar-refractivity contribution in [2.75, 3.05) is 29.4 Å². The van der Waals surface area contributed by atoms with E-state index in [0.29, 0.717) is 18.0 Å². The van der Waals surface area contributed by atoms with Crippen LogP contribution in [0.3, 0.4) is 0 Å². The maximum Gasteiger partial charge on any atom is 0.261 e. The van der Waals surface area contributed by atoms with Crippen LogP contribution in [0.15, 0.2) is 48.5 Å². The van der Waals surface area contributed by atoms with Crippen molar-refractivity contribution < 1.29 is 17.9 Å². The second-order valence-corrected chi connectivity index (χ2v) is 10.1. The van der Waals surface area contributed by atoms with Crippen LogP contribution in [0.4, 0.5) is 5.69 Å². The fraction of sp³-hybridized carbons (Fsp3) is 0.350. The predicted octanol–water partition coefficient (Wildman–Crippen LogP) is 3.31. The number of rotatable bonds is 7. The van der Waals surface area contributed by atoms with Crippen LogP contribution in [-0.4, -0.2) is 45.5 Å². The Hall–Kier alpha value is -1.90. The highest BCUT2D eigenvalue weighted by molar-refractivity contribution is 7.98. The molecule has 9 heteroatoms. The number of anilines is 1. The van der Waals surface area contributed by atoms with E-state index < -0.39 is 16.1 Å². The molecule has 0 aliphatic carbocycles. The van der Waals surface area contributed by atoms with Gasteiger partial charge in [-0.1, -0.05) is 41.9 Å². The molecule has 1 aliphatic rings. The molecule has 0 aromatic heterocycles. The number of nitrogens with one attached hydrogen (secondary N) is 1. The summed E-state index contributed by atoms with van der Waals surface area (Å²) in [6, 6.07) is 14.6. The van der Waals surface area contributed by atoms with Gasteiger partial charge >= 0.3 is 0 Å². The lowest BCUT2D eigenvalue weighted by atomic mass is 10.2. The first-order valence-electron chi connectivity index (χ1n) is 9.18. The molecule has 0 fully saturated rings. The van der Waals surface area contributed by atoms with Gasteiger partial charge in [-0.2, -0.15) is 11.8 Å². The Morgan fingerprint density at radius 3 is 2.72 bits per heavy atom. The lowest BCUT2D eigenvalue weighted by Gasteiger charge is -2.20. The van der Waals surface area contributed by atoms with Crippen molar-refractivity contribution in [2.45, 2.75) is 18.3 Å². The molecule has 0 saturated carbocycles. The van der Waals surface area contributed by atoms with E-state index in [4.69, 9.17) is 16.3 Å². The molecule has 156 valence electrons. The van der Waals surface area contributed by atoms with Crippen LogP contribution in [0.5, 0.6) is 5.75 Å². The fourth-order valence-electron chi connectivity index (χ4n) is 3.02. The Balaban J connectivity index is 1.53. The van der Waals surface area contributed by atoms with Crippen molar-refractivity contribution in [3.63, 3.8) is 0 Å². The van der Waals surface area contributed by atoms with E-state index in [-0.39, 0.29) is 18.9 Å². The van der Waals surface area contributed by atoms with Crippen LogP contribution < -0.4 is 14.4 Å². The van der Waals surface area contributed by atoms with Gasteiger partial charge in [0.2, 0.25) is 10.0 Å². The van der Waals surface area contributed by atoms with Crippen LogP contribution in [-0.2, 0) is 20.6 Å². The van der Waals surface area contributed by atoms with Crippen LogP contribution in [0.25, 0.3) is 0 Å². The number of hydrogen-bond acceptors (Lipinski definition) is 5. The summed E-state index contributed by atoms with van der Waals surface area (Å²) in [5.74, 6) is 1.65. The second-order valence-electron chi connectivity index (χ2n) is 6.63. The fourth-order valence-corrected chi connectivity index (χ4v) is 5.11. The zero-order valence-corrected chi connectivity index (χ0v) is 18.4. The SMILES string of the molecule is CS(=O)(=O)N1CCC(C(=O)NCCSCc2ccccc2Cl)Oc2ccccc21. The lowest BCUT2D eigenvalue weighted by molar-refractivity contribution is -0.127. The minimum Gasteiger partial charge on any atom is -0.478 e. The molecular formula is C20H23ClN2O4S2. The standard InChI is InChI=1S/C20H23ClN2O4S2/c1-29(25,26)23-12-10-19(27-18-9-5-4-8-17(18)23)20(24)22-11-13-28-14-15-6-2-3-7-16(15)21/h2-9,19H,10-14H2,1H3,(H,22,24). The molecular weight excluding hydrogens is 432 g/mol. The van der Waals surface area contributed by atoms with Crippen molar-refractivity contribution in [1.29, 1.82) is 0 Å². The van der Waals surface area contributed by atoms with E-state index >= 15 is 0 Å². The molecule has 0 spiro atoms. The summed E-state index contributed by atoms with van der Waals surface area (Å²) in [7, 11) is -3.46. The number of halogens is 1. The van der Waals surface area contributed by atoms with Crippen molar-refractivity contribution in [3.8, 4) is 5.75 Å². The molecule has 1 aliphatic heterocycles. The van der Waals surface area contributed by atoms with Gasteiger partial charge in [0, 0.05) is 36.0 Å². The maximum absolute atomic E-state index is 12.6. The first-order chi connectivity index (χ1) is 13.9. The third-order valence-corrected chi connectivity index (χ3v) is 7.01. The molecule has 3 rings (SSSR count). The minimum absolute atomic E-state index is 0.190. The van der Waals surface area contributed by atoms with E-state index in [2.05, 4.69) is 5.32 Å². The van der Waals surface area contributed by atoms with Gasteiger partial charge in [-0.3, -0.25) is 9.10 Å². The minimum atomic E-state index is -3.46. The van der Waals surface area contributed by atoms with Gasteiger partial charge in [-0.25, -0.2) is 8.42 Å². The average molecular weight is 455 g/mol. The highest BCUT2D eigenvalue weighted by Gasteiger charge is 2.30. The average Bonchev–Trinajstić information content (AvgIpc) is 2.88. The number of fused-ring (bicyclic) bond motifs is 1. The molecule has 29 heavy (non-hydrogen) atoms. The molecule has 1 atom stereocenters. The van der Waals surface area contributed by atoms with Crippen molar-refractivity contribution in [1.82, 2.24) is 5.32 Å². The van der Waals surface area contributed by atoms with Gasteiger partial charge in [-0.05, 0) is 23.8 Å². The molecule has 2 aromatic carbocycles. The highest BCUT2D eigenvalue weighted by atomic mass is 35.5. The third-order valence-electron chi connectivity index (χ3n) is 4.45. The van der Waals surface area contributed by atoms with Crippen molar-refractivity contribution in [2.24, 2.45) is 0 Å². The quantitative estimate of drug-likeness (QED) is 0.649. The summed E-state index contributed by atoms with van der Waals surface area (Å²) < 4.78 is 31.4. The van der Waals surface area contributed by atoms with Gasteiger partial charge < -0.3 is 10.1 Å². The van der Waals surface area contributed by atoms with Crippen LogP contribution >= 0.6 is 23.4 Å². The largest absolute Gasteiger partial charge is 0.478 e. The molecule has 1 heterocycles. The highest BCUT2D eigenvalue weighted by Crippen LogP contribution is 2.33. The molecule has 6 nitrogen and oxygen atoms in total. The number of carbonyl (C=O) groups is 1. The number of nitrogens with zero attached hydrogens (tertiary/aromatic N) is 1. The predicted molar refractivity (Wildman–Crippen MR) is 118 cm³/mol. The number of hydrogen-bond donors (Lipinski definition) is 1. The third kappa shape index (κ3) is 5.81. The molecule has 0 radical (unpaired) electrons. The van der Waals surface area contributed by atoms with Gasteiger partial charge in [-0.15, -0.1) is 0 Å². The summed E-state index contributed by atoms with van der Waals surface area (Å²) >= 11 is 7.82. The number of ether oxygens (including phenoxy) is 1. The first kappa shape index (κ1) is 21.8. The number of para-hydroxylation sites is 2. The Morgan fingerprint density at radius 1 is 1.24 bits per heavy atom. The molecule has 1 N–H and O–H groups in total. The monoisotopic (exact) mass is 454 g/mol. The molecule has 2 aromatic rings. The van der Waals surface area contributed by atoms with E-state index in [1.165, 1.54) is 4.31 Å². The summed E-state index contributed by atoms with van der Waals surface area (Å²) in [6.07, 6.45) is 0.692. The number of benzene rings is 2. The lowest BCUT2D eigenvalue weighted by Crippen LogP contribution is -2.40. The number of thioether (sulfide) groups is 1. The van der Waals surface area contributed by atoms with Crippen LogP contribution in [0, 0.1) is 0 Å². The Morgan fingerprint density at radius 2 is 1.97 bits per heavy atom. The number of sulfonamides is 1. The second kappa shape index (κ2) is 9.73. The maximum atomic E-state index is 12.6. The van der Waals surface area contributed by atoms with Crippen LogP contribution in [0.1, 0.15) is 12.0 Å². The van der Waals surface area contributed by atoms with Gasteiger partial charge in [0.05, 0.1) is 11.9 Å². The molecule has 0 bridgehead atoms. The Bertz CT molecular complexity index is 968. The van der Waals surface area contributed by atoms with Crippen LogP contribution in [0.2, 0.25) is 5.02 Å². The van der Waals surface area contributed by atoms with Crippen molar-refractivity contribution >= 4 is 45.0 Å². The summed E-state index contributed by atoms with van der Waals surface area (Å²) in [4.78, 5) is 12.6. The molecule has 1 amide bonds. The normalized spacial score (nSPS) is 16.5. The van der Waals surface area contributed by atoms with Gasteiger partial charge in [0.1, 0.15) is 5.75 Å². The number of carbonyl (C=O) groups excluding carboxylic acids is 1. The van der Waals surface area contributed by atoms with Crippen molar-refractivity contribution in [3.05, 3.63) is 59.1 Å².